The van der Waals surface area contributed by atoms with Gasteiger partial charge in [0, 0.05) is 17.7 Å². The van der Waals surface area contributed by atoms with Crippen LogP contribution in [0.3, 0.4) is 0 Å². The van der Waals surface area contributed by atoms with Crippen LogP contribution in [0.1, 0.15) is 34.9 Å². The van der Waals surface area contributed by atoms with Crippen LogP contribution >= 0.6 is 0 Å². The zero-order valence-electron chi connectivity index (χ0n) is 12.7. The second-order valence-corrected chi connectivity index (χ2v) is 5.60. The van der Waals surface area contributed by atoms with E-state index in [1.165, 1.54) is 0 Å². The van der Waals surface area contributed by atoms with Crippen LogP contribution in [0.4, 0.5) is 5.69 Å². The van der Waals surface area contributed by atoms with Gasteiger partial charge < -0.3 is 10.1 Å². The predicted molar refractivity (Wildman–Crippen MR) is 85.9 cm³/mol. The van der Waals surface area contributed by atoms with Crippen molar-refractivity contribution in [3.63, 3.8) is 0 Å². The lowest BCUT2D eigenvalue weighted by atomic mass is 10.2. The Kier molecular flexibility index (Phi) is 3.22. The van der Waals surface area contributed by atoms with Gasteiger partial charge in [0.2, 0.25) is 0 Å². The summed E-state index contributed by atoms with van der Waals surface area (Å²) >= 11 is 0. The van der Waals surface area contributed by atoms with Crippen molar-refractivity contribution in [3.8, 4) is 5.75 Å². The van der Waals surface area contributed by atoms with E-state index in [0.29, 0.717) is 28.7 Å². The Labute approximate surface area is 133 Å². The van der Waals surface area contributed by atoms with Gasteiger partial charge in [0.05, 0.1) is 19.0 Å². The number of carbonyl (C=O) groups is 1. The third-order valence-corrected chi connectivity index (χ3v) is 3.97. The van der Waals surface area contributed by atoms with Crippen molar-refractivity contribution in [2.75, 3.05) is 12.4 Å². The van der Waals surface area contributed by atoms with Crippen LogP contribution in [0.2, 0.25) is 0 Å². The molecule has 1 amide bonds. The molecule has 0 unspecified atom stereocenters. The molecule has 6 nitrogen and oxygen atoms in total. The summed E-state index contributed by atoms with van der Waals surface area (Å²) in [6.45, 7) is 0. The summed E-state index contributed by atoms with van der Waals surface area (Å²) < 4.78 is 7.08. The second-order valence-electron chi connectivity index (χ2n) is 5.60. The molecule has 6 heteroatoms. The fourth-order valence-electron chi connectivity index (χ4n) is 2.66. The Hall–Kier alpha value is -2.89. The first-order valence-electron chi connectivity index (χ1n) is 7.55. The lowest BCUT2D eigenvalue weighted by Crippen LogP contribution is -2.16. The van der Waals surface area contributed by atoms with E-state index in [1.807, 2.05) is 28.8 Å². The lowest BCUT2D eigenvalue weighted by Gasteiger charge is -2.10. The van der Waals surface area contributed by atoms with Gasteiger partial charge in [0.1, 0.15) is 11.4 Å². The first-order valence-corrected chi connectivity index (χ1v) is 7.55. The standard InChI is InChI=1S/C17H16N4O2/c1-23-15-5-3-2-4-12(15)20-17(22)13-10-14(11-6-7-11)21-16(19-13)8-9-18-21/h2-5,8-11H,6-7H2,1H3,(H,20,22). The van der Waals surface area contributed by atoms with Gasteiger partial charge in [-0.05, 0) is 31.0 Å². The quantitative estimate of drug-likeness (QED) is 0.804. The molecule has 2 aromatic heterocycles. The molecule has 116 valence electrons. The molecule has 1 fully saturated rings. The Morgan fingerprint density at radius 1 is 1.30 bits per heavy atom. The lowest BCUT2D eigenvalue weighted by molar-refractivity contribution is 0.102. The number of anilines is 1. The minimum Gasteiger partial charge on any atom is -0.495 e. The van der Waals surface area contributed by atoms with E-state index in [0.717, 1.165) is 18.5 Å². The van der Waals surface area contributed by atoms with E-state index >= 15 is 0 Å². The minimum atomic E-state index is -0.250. The smallest absolute Gasteiger partial charge is 0.274 e. The number of methoxy groups -OCH3 is 1. The third-order valence-electron chi connectivity index (χ3n) is 3.97. The molecule has 0 aliphatic heterocycles. The van der Waals surface area contributed by atoms with Crippen molar-refractivity contribution < 1.29 is 9.53 Å². The maximum absolute atomic E-state index is 12.6. The van der Waals surface area contributed by atoms with Crippen LogP contribution in [-0.4, -0.2) is 27.6 Å². The Morgan fingerprint density at radius 3 is 2.91 bits per heavy atom. The topological polar surface area (TPSA) is 68.5 Å². The van der Waals surface area contributed by atoms with Crippen LogP contribution in [-0.2, 0) is 0 Å². The SMILES string of the molecule is COc1ccccc1NC(=O)c1cc(C2CC2)n2nccc2n1. The number of benzene rings is 1. The van der Waals surface area contributed by atoms with Gasteiger partial charge in [0.15, 0.2) is 5.65 Å². The molecule has 1 aliphatic rings. The van der Waals surface area contributed by atoms with Crippen LogP contribution in [0.25, 0.3) is 5.65 Å². The summed E-state index contributed by atoms with van der Waals surface area (Å²) in [5.74, 6) is 0.840. The molecule has 0 spiro atoms. The molecule has 1 N–H and O–H groups in total. The molecule has 1 saturated carbocycles. The Balaban J connectivity index is 1.69. The molecular weight excluding hydrogens is 292 g/mol. The van der Waals surface area contributed by atoms with Gasteiger partial charge in [-0.3, -0.25) is 4.79 Å². The fourth-order valence-corrected chi connectivity index (χ4v) is 2.66. The molecule has 4 rings (SSSR count). The summed E-state index contributed by atoms with van der Waals surface area (Å²) in [4.78, 5) is 17.0. The molecule has 3 aromatic rings. The van der Waals surface area contributed by atoms with Crippen molar-refractivity contribution in [1.29, 1.82) is 0 Å². The first kappa shape index (κ1) is 13.8. The monoisotopic (exact) mass is 308 g/mol. The number of aromatic nitrogens is 3. The average Bonchev–Trinajstić information content (AvgIpc) is 3.31. The van der Waals surface area contributed by atoms with Gasteiger partial charge in [-0.2, -0.15) is 5.10 Å². The van der Waals surface area contributed by atoms with E-state index in [1.54, 1.807) is 25.4 Å². The van der Waals surface area contributed by atoms with E-state index in [2.05, 4.69) is 15.4 Å². The number of para-hydroxylation sites is 2. The Bertz CT molecular complexity index is 883. The number of amides is 1. The molecule has 0 saturated heterocycles. The maximum atomic E-state index is 12.6. The number of ether oxygens (including phenoxy) is 1. The molecule has 0 atom stereocenters. The highest BCUT2D eigenvalue weighted by molar-refractivity contribution is 6.04. The second kappa shape index (κ2) is 5.39. The summed E-state index contributed by atoms with van der Waals surface area (Å²) in [5.41, 5.74) is 2.76. The third kappa shape index (κ3) is 2.52. The van der Waals surface area contributed by atoms with Crippen molar-refractivity contribution in [2.45, 2.75) is 18.8 Å². The van der Waals surface area contributed by atoms with Crippen molar-refractivity contribution >= 4 is 17.2 Å². The highest BCUT2D eigenvalue weighted by Crippen LogP contribution is 2.40. The van der Waals surface area contributed by atoms with E-state index in [-0.39, 0.29) is 5.91 Å². The largest absolute Gasteiger partial charge is 0.495 e. The molecule has 2 heterocycles. The number of nitrogens with zero attached hydrogens (tertiary/aromatic N) is 3. The molecule has 23 heavy (non-hydrogen) atoms. The molecule has 0 radical (unpaired) electrons. The van der Waals surface area contributed by atoms with E-state index in [4.69, 9.17) is 4.74 Å². The summed E-state index contributed by atoms with van der Waals surface area (Å²) in [6.07, 6.45) is 3.97. The molecule has 1 aliphatic carbocycles. The van der Waals surface area contributed by atoms with Gasteiger partial charge in [-0.1, -0.05) is 12.1 Å². The normalized spacial score (nSPS) is 14.0. The number of nitrogens with one attached hydrogen (secondary N) is 1. The van der Waals surface area contributed by atoms with Crippen LogP contribution in [0.15, 0.2) is 42.6 Å². The summed E-state index contributed by atoms with van der Waals surface area (Å²) in [6, 6.07) is 11.0. The van der Waals surface area contributed by atoms with Gasteiger partial charge in [0.25, 0.3) is 5.91 Å². The molecular formula is C17H16N4O2. The Morgan fingerprint density at radius 2 is 2.13 bits per heavy atom. The van der Waals surface area contributed by atoms with Crippen molar-refractivity contribution in [1.82, 2.24) is 14.6 Å². The number of hydrogen-bond acceptors (Lipinski definition) is 4. The summed E-state index contributed by atoms with van der Waals surface area (Å²) in [5, 5.41) is 7.16. The van der Waals surface area contributed by atoms with Crippen LogP contribution < -0.4 is 10.1 Å². The van der Waals surface area contributed by atoms with Gasteiger partial charge >= 0.3 is 0 Å². The zero-order valence-corrected chi connectivity index (χ0v) is 12.7. The van der Waals surface area contributed by atoms with Gasteiger partial charge in [-0.25, -0.2) is 9.50 Å². The summed E-state index contributed by atoms with van der Waals surface area (Å²) in [7, 11) is 1.58. The predicted octanol–water partition coefficient (Wildman–Crippen LogP) is 2.87. The van der Waals surface area contributed by atoms with E-state index < -0.39 is 0 Å². The average molecular weight is 308 g/mol. The zero-order chi connectivity index (χ0) is 15.8. The molecule has 0 bridgehead atoms. The van der Waals surface area contributed by atoms with Crippen molar-refractivity contribution in [2.24, 2.45) is 0 Å². The van der Waals surface area contributed by atoms with E-state index in [9.17, 15) is 4.79 Å². The van der Waals surface area contributed by atoms with Crippen molar-refractivity contribution in [3.05, 3.63) is 54.0 Å². The van der Waals surface area contributed by atoms with Gasteiger partial charge in [-0.15, -0.1) is 0 Å². The van der Waals surface area contributed by atoms with Crippen LogP contribution in [0, 0.1) is 0 Å². The first-order chi connectivity index (χ1) is 11.3. The van der Waals surface area contributed by atoms with Crippen LogP contribution in [0.5, 0.6) is 5.75 Å². The number of fused-ring (bicyclic) bond motifs is 1. The highest BCUT2D eigenvalue weighted by atomic mass is 16.5. The number of hydrogen-bond donors (Lipinski definition) is 1. The number of rotatable bonds is 4. The maximum Gasteiger partial charge on any atom is 0.274 e. The fraction of sp³-hybridized carbons (Fsp3) is 0.235. The molecule has 1 aromatic carbocycles. The highest BCUT2D eigenvalue weighted by Gasteiger charge is 2.28. The number of carbonyl (C=O) groups excluding carboxylic acids is 1. The minimum absolute atomic E-state index is 0.250.